The molecule has 1 atom stereocenters. The van der Waals surface area contributed by atoms with E-state index in [4.69, 9.17) is 4.74 Å². The van der Waals surface area contributed by atoms with Crippen LogP contribution in [0.5, 0.6) is 5.75 Å². The van der Waals surface area contributed by atoms with Gasteiger partial charge in [0.1, 0.15) is 11.8 Å². The van der Waals surface area contributed by atoms with E-state index in [0.29, 0.717) is 18.7 Å². The number of aromatic nitrogens is 1. The van der Waals surface area contributed by atoms with Crippen LogP contribution >= 0.6 is 0 Å². The van der Waals surface area contributed by atoms with Crippen LogP contribution in [0, 0.1) is 0 Å². The van der Waals surface area contributed by atoms with Crippen LogP contribution < -0.4 is 14.8 Å². The Bertz CT molecular complexity index is 1360. The molecule has 10 heteroatoms. The van der Waals surface area contributed by atoms with Gasteiger partial charge in [-0.05, 0) is 73.2 Å². The third-order valence-corrected chi connectivity index (χ3v) is 8.17. The molecule has 1 aliphatic carbocycles. The van der Waals surface area contributed by atoms with Crippen LogP contribution in [0.25, 0.3) is 0 Å². The summed E-state index contributed by atoms with van der Waals surface area (Å²) in [6.07, 6.45) is 5.67. The monoisotopic (exact) mass is 550 g/mol. The molecule has 206 valence electrons. The van der Waals surface area contributed by atoms with Crippen LogP contribution in [0.4, 0.5) is 0 Å². The van der Waals surface area contributed by atoms with E-state index in [2.05, 4.69) is 15.0 Å². The minimum atomic E-state index is -3.53. The molecule has 0 spiro atoms. The topological polar surface area (TPSA) is 118 Å². The number of sulfonamides is 1. The summed E-state index contributed by atoms with van der Waals surface area (Å²) in [4.78, 5) is 32.3. The van der Waals surface area contributed by atoms with Crippen LogP contribution in [0.2, 0.25) is 0 Å². The fourth-order valence-electron chi connectivity index (χ4n) is 4.07. The van der Waals surface area contributed by atoms with E-state index in [1.807, 2.05) is 30.3 Å². The molecule has 2 N–H and O–H groups in total. The highest BCUT2D eigenvalue weighted by Gasteiger charge is 2.28. The molecule has 1 fully saturated rings. The van der Waals surface area contributed by atoms with Gasteiger partial charge in [-0.25, -0.2) is 13.1 Å². The minimum absolute atomic E-state index is 0.0348. The van der Waals surface area contributed by atoms with E-state index in [1.54, 1.807) is 61.7 Å². The molecule has 1 unspecified atom stereocenters. The standard InChI is InChI=1S/C29H34N4O5S/c1-21(29(35)31-19-24-4-3-17-30-18-24)33(20-23-5-12-26(38-2)13-6-23)28(34)16-9-22-7-14-27(15-8-22)39(36,37)32-25-10-11-25/h3-8,12-15,17-18,21,25,32H,9-11,16,19-20H2,1-2H3,(H,31,35). The Kier molecular flexibility index (Phi) is 9.32. The number of nitrogens with zero attached hydrogens (tertiary/aromatic N) is 2. The van der Waals surface area contributed by atoms with Crippen molar-refractivity contribution in [2.45, 2.75) is 62.7 Å². The van der Waals surface area contributed by atoms with Crippen molar-refractivity contribution >= 4 is 21.8 Å². The van der Waals surface area contributed by atoms with Crippen molar-refractivity contribution in [3.63, 3.8) is 0 Å². The van der Waals surface area contributed by atoms with E-state index in [9.17, 15) is 18.0 Å². The van der Waals surface area contributed by atoms with Gasteiger partial charge < -0.3 is 15.0 Å². The lowest BCUT2D eigenvalue weighted by atomic mass is 10.1. The molecule has 2 aromatic carbocycles. The second-order valence-corrected chi connectivity index (χ2v) is 11.4. The SMILES string of the molecule is COc1ccc(CN(C(=O)CCc2ccc(S(=O)(=O)NC3CC3)cc2)C(C)C(=O)NCc2cccnc2)cc1. The van der Waals surface area contributed by atoms with Gasteiger partial charge >= 0.3 is 0 Å². The van der Waals surface area contributed by atoms with Crippen molar-refractivity contribution in [3.05, 3.63) is 89.7 Å². The Labute approximate surface area is 229 Å². The molecule has 0 bridgehead atoms. The summed E-state index contributed by atoms with van der Waals surface area (Å²) in [7, 11) is -1.94. The van der Waals surface area contributed by atoms with Crippen molar-refractivity contribution < 1.29 is 22.7 Å². The summed E-state index contributed by atoms with van der Waals surface area (Å²) in [5, 5.41) is 2.89. The van der Waals surface area contributed by atoms with Crippen LogP contribution in [0.1, 0.15) is 42.9 Å². The number of hydrogen-bond acceptors (Lipinski definition) is 6. The number of carbonyl (C=O) groups is 2. The number of ether oxygens (including phenoxy) is 1. The molecular formula is C29H34N4O5S. The Hall–Kier alpha value is -3.76. The average molecular weight is 551 g/mol. The first kappa shape index (κ1) is 28.3. The number of carbonyl (C=O) groups excluding carboxylic acids is 2. The smallest absolute Gasteiger partial charge is 0.242 e. The van der Waals surface area contributed by atoms with Gasteiger partial charge in [-0.2, -0.15) is 0 Å². The van der Waals surface area contributed by atoms with Crippen molar-refractivity contribution in [1.82, 2.24) is 19.9 Å². The molecule has 2 amide bonds. The normalized spacial score (nSPS) is 13.9. The maximum atomic E-state index is 13.4. The van der Waals surface area contributed by atoms with Gasteiger partial charge in [0.2, 0.25) is 21.8 Å². The second-order valence-electron chi connectivity index (χ2n) is 9.66. The number of nitrogens with one attached hydrogen (secondary N) is 2. The molecular weight excluding hydrogens is 516 g/mol. The summed E-state index contributed by atoms with van der Waals surface area (Å²) < 4.78 is 32.7. The molecule has 9 nitrogen and oxygen atoms in total. The number of benzene rings is 2. The Morgan fingerprint density at radius 2 is 1.72 bits per heavy atom. The van der Waals surface area contributed by atoms with E-state index >= 15 is 0 Å². The van der Waals surface area contributed by atoms with E-state index in [0.717, 1.165) is 29.5 Å². The highest BCUT2D eigenvalue weighted by atomic mass is 32.2. The van der Waals surface area contributed by atoms with Gasteiger partial charge in [0.05, 0.1) is 12.0 Å². The summed E-state index contributed by atoms with van der Waals surface area (Å²) in [5.74, 6) is 0.261. The van der Waals surface area contributed by atoms with Crippen LogP contribution in [-0.4, -0.2) is 49.3 Å². The van der Waals surface area contributed by atoms with Crippen molar-refractivity contribution in [1.29, 1.82) is 0 Å². The van der Waals surface area contributed by atoms with Crippen molar-refractivity contribution in [3.8, 4) is 5.75 Å². The molecule has 0 radical (unpaired) electrons. The first-order valence-corrected chi connectivity index (χ1v) is 14.4. The summed E-state index contributed by atoms with van der Waals surface area (Å²) >= 11 is 0. The quantitative estimate of drug-likeness (QED) is 0.338. The van der Waals surface area contributed by atoms with Gasteiger partial charge in [0.15, 0.2) is 0 Å². The van der Waals surface area contributed by atoms with Crippen molar-refractivity contribution in [2.75, 3.05) is 7.11 Å². The number of pyridine rings is 1. The molecule has 1 saturated carbocycles. The van der Waals surface area contributed by atoms with E-state index in [-0.39, 0.29) is 35.7 Å². The third-order valence-electron chi connectivity index (χ3n) is 6.63. The van der Waals surface area contributed by atoms with Gasteiger partial charge in [0, 0.05) is 37.9 Å². The Balaban J connectivity index is 1.42. The predicted molar refractivity (Wildman–Crippen MR) is 147 cm³/mol. The van der Waals surface area contributed by atoms with Gasteiger partial charge in [0.25, 0.3) is 0 Å². The lowest BCUT2D eigenvalue weighted by Crippen LogP contribution is -2.47. The fourth-order valence-corrected chi connectivity index (χ4v) is 5.37. The minimum Gasteiger partial charge on any atom is -0.497 e. The largest absolute Gasteiger partial charge is 0.497 e. The van der Waals surface area contributed by atoms with E-state index in [1.165, 1.54) is 0 Å². The van der Waals surface area contributed by atoms with Gasteiger partial charge in [-0.3, -0.25) is 14.6 Å². The number of aryl methyl sites for hydroxylation is 1. The maximum Gasteiger partial charge on any atom is 0.242 e. The summed E-state index contributed by atoms with van der Waals surface area (Å²) in [6, 6.07) is 17.0. The Morgan fingerprint density at radius 1 is 1.03 bits per heavy atom. The molecule has 3 aromatic rings. The van der Waals surface area contributed by atoms with E-state index < -0.39 is 16.1 Å². The van der Waals surface area contributed by atoms with Crippen LogP contribution in [0.3, 0.4) is 0 Å². The first-order chi connectivity index (χ1) is 18.7. The number of rotatable bonds is 13. The third kappa shape index (κ3) is 8.11. The van der Waals surface area contributed by atoms with Crippen LogP contribution in [0.15, 0.2) is 78.0 Å². The zero-order valence-electron chi connectivity index (χ0n) is 22.2. The summed E-state index contributed by atoms with van der Waals surface area (Å²) in [6.45, 7) is 2.29. The van der Waals surface area contributed by atoms with Crippen LogP contribution in [-0.2, 0) is 39.1 Å². The lowest BCUT2D eigenvalue weighted by Gasteiger charge is -2.29. The Morgan fingerprint density at radius 3 is 2.33 bits per heavy atom. The molecule has 1 aromatic heterocycles. The molecule has 0 aliphatic heterocycles. The highest BCUT2D eigenvalue weighted by Crippen LogP contribution is 2.23. The van der Waals surface area contributed by atoms with Gasteiger partial charge in [-0.15, -0.1) is 0 Å². The molecule has 1 heterocycles. The molecule has 1 aliphatic rings. The van der Waals surface area contributed by atoms with Crippen molar-refractivity contribution in [2.24, 2.45) is 0 Å². The zero-order valence-corrected chi connectivity index (χ0v) is 23.0. The summed E-state index contributed by atoms with van der Waals surface area (Å²) in [5.41, 5.74) is 2.57. The first-order valence-electron chi connectivity index (χ1n) is 13.0. The fraction of sp³-hybridized carbons (Fsp3) is 0.345. The zero-order chi connectivity index (χ0) is 27.8. The molecule has 4 rings (SSSR count). The highest BCUT2D eigenvalue weighted by molar-refractivity contribution is 7.89. The predicted octanol–water partition coefficient (Wildman–Crippen LogP) is 3.20. The maximum absolute atomic E-state index is 13.4. The number of amides is 2. The second kappa shape index (κ2) is 12.9. The average Bonchev–Trinajstić information content (AvgIpc) is 3.77. The van der Waals surface area contributed by atoms with Gasteiger partial charge in [-0.1, -0.05) is 30.3 Å². The molecule has 39 heavy (non-hydrogen) atoms. The number of hydrogen-bond donors (Lipinski definition) is 2. The number of methoxy groups -OCH3 is 1. The lowest BCUT2D eigenvalue weighted by molar-refractivity contribution is -0.140. The molecule has 0 saturated heterocycles.